The molecule has 0 spiro atoms. The van der Waals surface area contributed by atoms with E-state index in [9.17, 15) is 19.2 Å². The zero-order valence-electron chi connectivity index (χ0n) is 14.8. The summed E-state index contributed by atoms with van der Waals surface area (Å²) in [6.45, 7) is 2.95. The quantitative estimate of drug-likeness (QED) is 0.610. The van der Waals surface area contributed by atoms with E-state index in [1.807, 2.05) is 0 Å². The molecule has 140 valence electrons. The van der Waals surface area contributed by atoms with Crippen LogP contribution in [-0.4, -0.2) is 40.7 Å². The molecule has 2 heterocycles. The molecule has 2 atom stereocenters. The molecule has 3 amide bonds. The maximum Gasteiger partial charge on any atom is 0.329 e. The van der Waals surface area contributed by atoms with Gasteiger partial charge in [-0.2, -0.15) is 0 Å². The van der Waals surface area contributed by atoms with Crippen LogP contribution < -0.4 is 5.32 Å². The first-order valence-corrected chi connectivity index (χ1v) is 8.37. The number of esters is 1. The summed E-state index contributed by atoms with van der Waals surface area (Å²) in [5.41, 5.74) is 0.484. The lowest BCUT2D eigenvalue weighted by atomic mass is 10.1. The lowest BCUT2D eigenvalue weighted by Gasteiger charge is -2.22. The first-order chi connectivity index (χ1) is 12.9. The monoisotopic (exact) mass is 370 g/mol. The molecule has 3 rings (SSSR count). The SMILES string of the molecule is C[C@@H](OC(=O)[C@H](C)N1C(=O)c2ccccc2C1=O)C(=O)NCc1ccco1. The van der Waals surface area contributed by atoms with E-state index in [4.69, 9.17) is 9.15 Å². The van der Waals surface area contributed by atoms with Gasteiger partial charge in [0.25, 0.3) is 17.7 Å². The van der Waals surface area contributed by atoms with Gasteiger partial charge in [-0.05, 0) is 38.1 Å². The van der Waals surface area contributed by atoms with Crippen molar-refractivity contribution in [2.24, 2.45) is 0 Å². The molecule has 0 saturated heterocycles. The van der Waals surface area contributed by atoms with Crippen LogP contribution in [0.5, 0.6) is 0 Å². The number of imide groups is 1. The highest BCUT2D eigenvalue weighted by molar-refractivity contribution is 6.22. The van der Waals surface area contributed by atoms with Crippen LogP contribution in [0.3, 0.4) is 0 Å². The molecular formula is C19H18N2O6. The molecule has 0 fully saturated rings. The highest BCUT2D eigenvalue weighted by Crippen LogP contribution is 2.24. The van der Waals surface area contributed by atoms with Crippen LogP contribution in [0, 0.1) is 0 Å². The van der Waals surface area contributed by atoms with E-state index >= 15 is 0 Å². The lowest BCUT2D eigenvalue weighted by molar-refractivity contribution is -0.158. The Morgan fingerprint density at radius 1 is 1.07 bits per heavy atom. The van der Waals surface area contributed by atoms with Crippen molar-refractivity contribution >= 4 is 23.7 Å². The van der Waals surface area contributed by atoms with Crippen molar-refractivity contribution in [2.45, 2.75) is 32.5 Å². The Hall–Kier alpha value is -3.42. The van der Waals surface area contributed by atoms with Gasteiger partial charge in [-0.15, -0.1) is 0 Å². The summed E-state index contributed by atoms with van der Waals surface area (Å²) < 4.78 is 10.2. The number of nitrogens with one attached hydrogen (secondary N) is 1. The molecule has 1 N–H and O–H groups in total. The molecule has 1 aromatic carbocycles. The molecule has 27 heavy (non-hydrogen) atoms. The second-order valence-electron chi connectivity index (χ2n) is 6.08. The van der Waals surface area contributed by atoms with Gasteiger partial charge < -0.3 is 14.5 Å². The number of fused-ring (bicyclic) bond motifs is 1. The highest BCUT2D eigenvalue weighted by Gasteiger charge is 2.41. The molecule has 2 aromatic rings. The number of ether oxygens (including phenoxy) is 1. The first-order valence-electron chi connectivity index (χ1n) is 8.37. The molecule has 0 radical (unpaired) electrons. The Balaban J connectivity index is 1.60. The van der Waals surface area contributed by atoms with Crippen molar-refractivity contribution in [1.29, 1.82) is 0 Å². The Morgan fingerprint density at radius 2 is 1.70 bits per heavy atom. The number of carbonyl (C=O) groups is 4. The van der Waals surface area contributed by atoms with Crippen molar-refractivity contribution in [1.82, 2.24) is 10.2 Å². The molecule has 0 bridgehead atoms. The molecule has 0 unspecified atom stereocenters. The summed E-state index contributed by atoms with van der Waals surface area (Å²) in [6.07, 6.45) is 0.388. The number of carbonyl (C=O) groups excluding carboxylic acids is 4. The van der Waals surface area contributed by atoms with Gasteiger partial charge >= 0.3 is 5.97 Å². The molecule has 8 nitrogen and oxygen atoms in total. The average Bonchev–Trinajstić information content (AvgIpc) is 3.26. The van der Waals surface area contributed by atoms with Gasteiger partial charge in [0, 0.05) is 0 Å². The standard InChI is InChI=1S/C19H18N2O6/c1-11(21-17(23)14-7-3-4-8-15(14)18(21)24)19(25)27-12(2)16(22)20-10-13-6-5-9-26-13/h3-9,11-12H,10H2,1-2H3,(H,20,22)/t11-,12+/m0/s1. The third kappa shape index (κ3) is 3.59. The number of hydrogen-bond acceptors (Lipinski definition) is 6. The zero-order valence-corrected chi connectivity index (χ0v) is 14.8. The van der Waals surface area contributed by atoms with E-state index < -0.39 is 35.8 Å². The lowest BCUT2D eigenvalue weighted by Crippen LogP contribution is -2.46. The minimum atomic E-state index is -1.15. The molecule has 1 aromatic heterocycles. The van der Waals surface area contributed by atoms with Crippen LogP contribution in [-0.2, 0) is 20.9 Å². The smallest absolute Gasteiger partial charge is 0.329 e. The third-order valence-electron chi connectivity index (χ3n) is 4.23. The largest absolute Gasteiger partial charge is 0.467 e. The Bertz CT molecular complexity index is 854. The predicted molar refractivity (Wildman–Crippen MR) is 92.5 cm³/mol. The van der Waals surface area contributed by atoms with Crippen LogP contribution in [0.15, 0.2) is 47.1 Å². The fourth-order valence-electron chi connectivity index (χ4n) is 2.72. The molecule has 0 saturated carbocycles. The van der Waals surface area contributed by atoms with Crippen molar-refractivity contribution in [3.05, 3.63) is 59.5 Å². The van der Waals surface area contributed by atoms with Crippen LogP contribution >= 0.6 is 0 Å². The Kier molecular flexibility index (Phi) is 5.07. The van der Waals surface area contributed by atoms with Crippen LogP contribution in [0.25, 0.3) is 0 Å². The maximum absolute atomic E-state index is 12.4. The van der Waals surface area contributed by atoms with E-state index in [1.165, 1.54) is 32.2 Å². The van der Waals surface area contributed by atoms with E-state index in [0.717, 1.165) is 4.90 Å². The fraction of sp³-hybridized carbons (Fsp3) is 0.263. The van der Waals surface area contributed by atoms with E-state index in [0.29, 0.717) is 5.76 Å². The van der Waals surface area contributed by atoms with Crippen LogP contribution in [0.4, 0.5) is 0 Å². The summed E-state index contributed by atoms with van der Waals surface area (Å²) >= 11 is 0. The molecule has 8 heteroatoms. The van der Waals surface area contributed by atoms with Gasteiger partial charge in [-0.3, -0.25) is 19.3 Å². The number of furan rings is 1. The van der Waals surface area contributed by atoms with Crippen molar-refractivity contribution < 1.29 is 28.3 Å². The summed E-state index contributed by atoms with van der Waals surface area (Å²) in [4.78, 5) is 50.1. The Labute approximate surface area is 155 Å². The van der Waals surface area contributed by atoms with Gasteiger partial charge in [0.05, 0.1) is 23.9 Å². The third-order valence-corrected chi connectivity index (χ3v) is 4.23. The number of amides is 3. The number of nitrogens with zero attached hydrogens (tertiary/aromatic N) is 1. The van der Waals surface area contributed by atoms with Gasteiger partial charge in [-0.25, -0.2) is 4.79 Å². The van der Waals surface area contributed by atoms with Crippen molar-refractivity contribution in [2.75, 3.05) is 0 Å². The number of rotatable bonds is 6. The first kappa shape index (κ1) is 18.4. The number of benzene rings is 1. The van der Waals surface area contributed by atoms with Crippen LogP contribution in [0.1, 0.15) is 40.3 Å². The second-order valence-corrected chi connectivity index (χ2v) is 6.08. The maximum atomic E-state index is 12.4. The van der Waals surface area contributed by atoms with E-state index in [-0.39, 0.29) is 17.7 Å². The van der Waals surface area contributed by atoms with E-state index in [2.05, 4.69) is 5.32 Å². The fourth-order valence-corrected chi connectivity index (χ4v) is 2.72. The van der Waals surface area contributed by atoms with Gasteiger partial charge in [0.1, 0.15) is 11.8 Å². The predicted octanol–water partition coefficient (Wildman–Crippen LogP) is 1.51. The normalized spacial score (nSPS) is 15.3. The minimum Gasteiger partial charge on any atom is -0.467 e. The summed E-state index contributed by atoms with van der Waals surface area (Å²) in [5, 5.41) is 2.57. The molecule has 1 aliphatic heterocycles. The minimum absolute atomic E-state index is 0.154. The van der Waals surface area contributed by atoms with Crippen molar-refractivity contribution in [3.63, 3.8) is 0 Å². The second kappa shape index (κ2) is 7.45. The Morgan fingerprint density at radius 3 is 2.26 bits per heavy atom. The van der Waals surface area contributed by atoms with E-state index in [1.54, 1.807) is 24.3 Å². The summed E-state index contributed by atoms with van der Waals surface area (Å²) in [7, 11) is 0. The molecule has 1 aliphatic rings. The van der Waals surface area contributed by atoms with Gasteiger partial charge in [0.2, 0.25) is 0 Å². The summed E-state index contributed by atoms with van der Waals surface area (Å²) in [6, 6.07) is 8.56. The summed E-state index contributed by atoms with van der Waals surface area (Å²) in [5.74, 6) is -1.93. The number of hydrogen-bond donors (Lipinski definition) is 1. The van der Waals surface area contributed by atoms with Gasteiger partial charge in [-0.1, -0.05) is 12.1 Å². The highest BCUT2D eigenvalue weighted by atomic mass is 16.5. The zero-order chi connectivity index (χ0) is 19.6. The van der Waals surface area contributed by atoms with Crippen molar-refractivity contribution in [3.8, 4) is 0 Å². The van der Waals surface area contributed by atoms with Crippen LogP contribution in [0.2, 0.25) is 0 Å². The molecule has 0 aliphatic carbocycles. The van der Waals surface area contributed by atoms with Gasteiger partial charge in [0.15, 0.2) is 6.10 Å². The topological polar surface area (TPSA) is 106 Å². The molecular weight excluding hydrogens is 352 g/mol. The average molecular weight is 370 g/mol.